The Morgan fingerprint density at radius 2 is 1.79 bits per heavy atom. The zero-order valence-electron chi connectivity index (χ0n) is 12.1. The third-order valence-corrected chi connectivity index (χ3v) is 4.59. The Morgan fingerprint density at radius 3 is 2.32 bits per heavy atom. The van der Waals surface area contributed by atoms with Crippen LogP contribution in [-0.2, 0) is 16.6 Å². The molecule has 0 unspecified atom stereocenters. The van der Waals surface area contributed by atoms with Crippen molar-refractivity contribution in [3.8, 4) is 5.75 Å². The first kappa shape index (κ1) is 15.9. The Labute approximate surface area is 115 Å². The topological polar surface area (TPSA) is 58.6 Å². The van der Waals surface area contributed by atoms with Gasteiger partial charge in [-0.25, -0.2) is 4.72 Å². The number of benzene rings is 1. The van der Waals surface area contributed by atoms with E-state index < -0.39 is 10.2 Å². The second-order valence-electron chi connectivity index (χ2n) is 4.68. The Morgan fingerprint density at radius 1 is 1.21 bits per heavy atom. The van der Waals surface area contributed by atoms with Crippen LogP contribution >= 0.6 is 0 Å². The number of rotatable bonds is 6. The predicted molar refractivity (Wildman–Crippen MR) is 76.8 cm³/mol. The highest BCUT2D eigenvalue weighted by atomic mass is 32.2. The monoisotopic (exact) mass is 286 g/mol. The van der Waals surface area contributed by atoms with Gasteiger partial charge in [-0.3, -0.25) is 0 Å². The molecule has 0 aromatic heterocycles. The first-order valence-corrected chi connectivity index (χ1v) is 7.53. The van der Waals surface area contributed by atoms with Gasteiger partial charge in [0.25, 0.3) is 10.2 Å². The van der Waals surface area contributed by atoms with Crippen LogP contribution in [0.15, 0.2) is 12.1 Å². The van der Waals surface area contributed by atoms with Crippen molar-refractivity contribution in [1.82, 2.24) is 9.03 Å². The van der Waals surface area contributed by atoms with E-state index in [1.807, 2.05) is 26.0 Å². The maximum atomic E-state index is 11.6. The van der Waals surface area contributed by atoms with Crippen LogP contribution in [0, 0.1) is 13.8 Å². The third kappa shape index (κ3) is 4.19. The fourth-order valence-electron chi connectivity index (χ4n) is 1.68. The van der Waals surface area contributed by atoms with Crippen molar-refractivity contribution < 1.29 is 13.2 Å². The molecule has 108 valence electrons. The number of hydrogen-bond acceptors (Lipinski definition) is 3. The maximum Gasteiger partial charge on any atom is 0.278 e. The lowest BCUT2D eigenvalue weighted by Gasteiger charge is -2.14. The lowest BCUT2D eigenvalue weighted by Crippen LogP contribution is -2.36. The Hall–Kier alpha value is -1.11. The molecule has 0 aliphatic heterocycles. The SMILES string of the molecule is COc1cc(C)c(C)cc1CCNS(=O)(=O)N(C)C. The molecule has 0 heterocycles. The second-order valence-corrected chi connectivity index (χ2v) is 6.65. The average Bonchev–Trinajstić information content (AvgIpc) is 2.32. The van der Waals surface area contributed by atoms with Crippen molar-refractivity contribution >= 4 is 10.2 Å². The van der Waals surface area contributed by atoms with Crippen molar-refractivity contribution in [1.29, 1.82) is 0 Å². The minimum absolute atomic E-state index is 0.347. The summed E-state index contributed by atoms with van der Waals surface area (Å²) in [6, 6.07) is 4.02. The standard InChI is InChI=1S/C13H22N2O3S/c1-10-8-12(13(18-5)9-11(10)2)6-7-14-19(16,17)15(3)4/h8-9,14H,6-7H2,1-5H3. The van der Waals surface area contributed by atoms with Crippen molar-refractivity contribution in [2.45, 2.75) is 20.3 Å². The molecule has 0 saturated carbocycles. The van der Waals surface area contributed by atoms with Crippen LogP contribution in [0.4, 0.5) is 0 Å². The van der Waals surface area contributed by atoms with E-state index in [-0.39, 0.29) is 0 Å². The van der Waals surface area contributed by atoms with E-state index >= 15 is 0 Å². The summed E-state index contributed by atoms with van der Waals surface area (Å²) in [5, 5.41) is 0. The van der Waals surface area contributed by atoms with E-state index in [4.69, 9.17) is 4.74 Å². The van der Waals surface area contributed by atoms with Gasteiger partial charge in [0, 0.05) is 20.6 Å². The van der Waals surface area contributed by atoms with Crippen LogP contribution in [0.2, 0.25) is 0 Å². The molecular formula is C13H22N2O3S. The van der Waals surface area contributed by atoms with E-state index in [0.29, 0.717) is 13.0 Å². The Balaban J connectivity index is 2.76. The molecule has 0 amide bonds. The van der Waals surface area contributed by atoms with Gasteiger partial charge in [0.2, 0.25) is 0 Å². The summed E-state index contributed by atoms with van der Waals surface area (Å²) in [5.74, 6) is 0.798. The molecule has 1 aromatic carbocycles. The van der Waals surface area contributed by atoms with Gasteiger partial charge in [0.05, 0.1) is 7.11 Å². The van der Waals surface area contributed by atoms with Crippen LogP contribution < -0.4 is 9.46 Å². The van der Waals surface area contributed by atoms with Crippen molar-refractivity contribution in [2.24, 2.45) is 0 Å². The molecule has 0 saturated heterocycles. The molecular weight excluding hydrogens is 264 g/mol. The van der Waals surface area contributed by atoms with Crippen LogP contribution in [0.1, 0.15) is 16.7 Å². The van der Waals surface area contributed by atoms with Gasteiger partial charge in [-0.1, -0.05) is 6.07 Å². The highest BCUT2D eigenvalue weighted by Crippen LogP contribution is 2.23. The number of aryl methyl sites for hydroxylation is 2. The molecule has 0 atom stereocenters. The summed E-state index contributed by atoms with van der Waals surface area (Å²) in [6.45, 7) is 4.40. The molecule has 6 heteroatoms. The first-order valence-electron chi connectivity index (χ1n) is 6.09. The molecule has 0 spiro atoms. The van der Waals surface area contributed by atoms with Crippen molar-refractivity contribution in [2.75, 3.05) is 27.7 Å². The predicted octanol–water partition coefficient (Wildman–Crippen LogP) is 1.25. The molecule has 1 rings (SSSR count). The summed E-state index contributed by atoms with van der Waals surface area (Å²) in [7, 11) is 1.26. The Bertz CT molecular complexity index is 539. The van der Waals surface area contributed by atoms with E-state index in [9.17, 15) is 8.42 Å². The molecule has 0 radical (unpaired) electrons. The first-order chi connectivity index (χ1) is 8.77. The van der Waals surface area contributed by atoms with Crippen LogP contribution in [0.3, 0.4) is 0 Å². The average molecular weight is 286 g/mol. The molecule has 1 aromatic rings. The lowest BCUT2D eigenvalue weighted by atomic mass is 10.0. The van der Waals surface area contributed by atoms with Crippen LogP contribution in [0.5, 0.6) is 5.75 Å². The number of nitrogens with zero attached hydrogens (tertiary/aromatic N) is 1. The third-order valence-electron chi connectivity index (χ3n) is 3.06. The summed E-state index contributed by atoms with van der Waals surface area (Å²) in [6.07, 6.45) is 0.595. The van der Waals surface area contributed by atoms with Crippen LogP contribution in [-0.4, -0.2) is 40.5 Å². The number of ether oxygens (including phenoxy) is 1. The highest BCUT2D eigenvalue weighted by molar-refractivity contribution is 7.87. The molecule has 19 heavy (non-hydrogen) atoms. The molecule has 0 aliphatic carbocycles. The van der Waals surface area contributed by atoms with Crippen LogP contribution in [0.25, 0.3) is 0 Å². The van der Waals surface area contributed by atoms with Crippen molar-refractivity contribution in [3.05, 3.63) is 28.8 Å². The molecule has 0 fully saturated rings. The summed E-state index contributed by atoms with van der Waals surface area (Å²) >= 11 is 0. The van der Waals surface area contributed by atoms with E-state index in [2.05, 4.69) is 4.72 Å². The highest BCUT2D eigenvalue weighted by Gasteiger charge is 2.13. The molecule has 1 N–H and O–H groups in total. The van der Waals surface area contributed by atoms with E-state index in [0.717, 1.165) is 21.2 Å². The zero-order valence-corrected chi connectivity index (χ0v) is 13.0. The molecule has 5 nitrogen and oxygen atoms in total. The smallest absolute Gasteiger partial charge is 0.278 e. The van der Waals surface area contributed by atoms with Gasteiger partial charge in [-0.05, 0) is 43.0 Å². The van der Waals surface area contributed by atoms with Gasteiger partial charge >= 0.3 is 0 Å². The van der Waals surface area contributed by atoms with Gasteiger partial charge in [-0.15, -0.1) is 0 Å². The quantitative estimate of drug-likeness (QED) is 0.856. The van der Waals surface area contributed by atoms with E-state index in [1.165, 1.54) is 19.7 Å². The minimum atomic E-state index is -3.36. The fourth-order valence-corrected chi connectivity index (χ4v) is 2.30. The lowest BCUT2D eigenvalue weighted by molar-refractivity contribution is 0.409. The fraction of sp³-hybridized carbons (Fsp3) is 0.538. The van der Waals surface area contributed by atoms with Crippen molar-refractivity contribution in [3.63, 3.8) is 0 Å². The van der Waals surface area contributed by atoms with E-state index in [1.54, 1.807) is 7.11 Å². The second kappa shape index (κ2) is 6.36. The summed E-state index contributed by atoms with van der Waals surface area (Å²) in [5.41, 5.74) is 3.34. The number of methoxy groups -OCH3 is 1. The number of nitrogens with one attached hydrogen (secondary N) is 1. The number of hydrogen-bond donors (Lipinski definition) is 1. The summed E-state index contributed by atoms with van der Waals surface area (Å²) < 4.78 is 32.2. The zero-order chi connectivity index (χ0) is 14.6. The maximum absolute atomic E-state index is 11.6. The largest absolute Gasteiger partial charge is 0.496 e. The van der Waals surface area contributed by atoms with Gasteiger partial charge in [0.1, 0.15) is 5.75 Å². The summed E-state index contributed by atoms with van der Waals surface area (Å²) in [4.78, 5) is 0. The van der Waals surface area contributed by atoms with Gasteiger partial charge < -0.3 is 4.74 Å². The molecule has 0 aliphatic rings. The normalized spacial score (nSPS) is 11.9. The molecule has 0 bridgehead atoms. The minimum Gasteiger partial charge on any atom is -0.496 e. The van der Waals surface area contributed by atoms with Gasteiger partial charge in [0.15, 0.2) is 0 Å². The Kier molecular flexibility index (Phi) is 5.34. The van der Waals surface area contributed by atoms with Gasteiger partial charge in [-0.2, -0.15) is 12.7 Å².